The Balaban J connectivity index is 2.25. The second-order valence-corrected chi connectivity index (χ2v) is 7.93. The van der Waals surface area contributed by atoms with Crippen LogP contribution in [-0.2, 0) is 9.63 Å². The van der Waals surface area contributed by atoms with Crippen molar-refractivity contribution in [3.05, 3.63) is 12.2 Å². The summed E-state index contributed by atoms with van der Waals surface area (Å²) in [6.45, 7) is 11.5. The Morgan fingerprint density at radius 1 is 1.38 bits per heavy atom. The smallest absolute Gasteiger partial charge is 0.246 e. The Kier molecular flexibility index (Phi) is 4.53. The van der Waals surface area contributed by atoms with Crippen molar-refractivity contribution in [3.63, 3.8) is 0 Å². The van der Waals surface area contributed by atoms with E-state index in [1.54, 1.807) is 14.2 Å². The van der Waals surface area contributed by atoms with Crippen LogP contribution in [0.4, 0.5) is 0 Å². The summed E-state index contributed by atoms with van der Waals surface area (Å²) in [5, 5.41) is 1.36. The number of fused-ring (bicyclic) bond motifs is 1. The van der Waals surface area contributed by atoms with Gasteiger partial charge < -0.3 is 0 Å². The van der Waals surface area contributed by atoms with Gasteiger partial charge in [0.2, 0.25) is 5.91 Å². The quantitative estimate of drug-likeness (QED) is 0.576. The van der Waals surface area contributed by atoms with E-state index in [4.69, 9.17) is 4.84 Å². The topological polar surface area (TPSA) is 29.5 Å². The number of carbonyl (C=O) groups excluding carboxylic acids is 1. The number of hydrogen-bond donors (Lipinski definition) is 0. The standard InChI is InChI=1S/C18H31NO2/c1-13-8-9-15-17(2,3)10-7-11-18(15,4)14(13)12-16(20)19(5)21-6/h14-15H,1,7-12H2,2-6H3/t14-,15-,18+/m0/s1. The zero-order chi connectivity index (χ0) is 15.8. The summed E-state index contributed by atoms with van der Waals surface area (Å²) < 4.78 is 0. The Labute approximate surface area is 129 Å². The highest BCUT2D eigenvalue weighted by Gasteiger charge is 2.53. The minimum atomic E-state index is 0.0638. The SMILES string of the molecule is C=C1CC[C@H]2C(C)(C)CCC[C@]2(C)[C@H]1CC(=O)N(C)OC. The molecule has 1 amide bonds. The minimum Gasteiger partial charge on any atom is -0.275 e. The Hall–Kier alpha value is -0.830. The molecule has 0 aliphatic heterocycles. The van der Waals surface area contributed by atoms with E-state index in [9.17, 15) is 4.79 Å². The number of amides is 1. The molecule has 2 fully saturated rings. The molecular formula is C18H31NO2. The molecule has 0 aromatic heterocycles. The second-order valence-electron chi connectivity index (χ2n) is 7.93. The summed E-state index contributed by atoms with van der Waals surface area (Å²) in [5.74, 6) is 1.05. The highest BCUT2D eigenvalue weighted by molar-refractivity contribution is 5.75. The van der Waals surface area contributed by atoms with E-state index in [0.717, 1.165) is 6.42 Å². The highest BCUT2D eigenvalue weighted by Crippen LogP contribution is 2.61. The fraction of sp³-hybridized carbons (Fsp3) is 0.833. The summed E-state index contributed by atoms with van der Waals surface area (Å²) in [7, 11) is 3.24. The molecule has 2 aliphatic rings. The van der Waals surface area contributed by atoms with Gasteiger partial charge in [-0.2, -0.15) is 0 Å². The summed E-state index contributed by atoms with van der Waals surface area (Å²) in [5.41, 5.74) is 1.85. The van der Waals surface area contributed by atoms with Crippen LogP contribution >= 0.6 is 0 Å². The van der Waals surface area contributed by atoms with Crippen molar-refractivity contribution in [2.24, 2.45) is 22.7 Å². The molecule has 2 saturated carbocycles. The van der Waals surface area contributed by atoms with Gasteiger partial charge in [-0.15, -0.1) is 0 Å². The molecule has 0 spiro atoms. The van der Waals surface area contributed by atoms with Crippen molar-refractivity contribution in [1.82, 2.24) is 5.06 Å². The molecule has 120 valence electrons. The Morgan fingerprint density at radius 2 is 2.05 bits per heavy atom. The van der Waals surface area contributed by atoms with Crippen LogP contribution in [-0.4, -0.2) is 25.1 Å². The lowest BCUT2D eigenvalue weighted by Crippen LogP contribution is -2.50. The van der Waals surface area contributed by atoms with Gasteiger partial charge in [0, 0.05) is 13.5 Å². The van der Waals surface area contributed by atoms with Crippen molar-refractivity contribution >= 4 is 5.91 Å². The van der Waals surface area contributed by atoms with Gasteiger partial charge in [0.25, 0.3) is 0 Å². The third-order valence-corrected chi connectivity index (χ3v) is 6.32. The zero-order valence-electron chi connectivity index (χ0n) is 14.4. The van der Waals surface area contributed by atoms with E-state index in [0.29, 0.717) is 23.7 Å². The maximum Gasteiger partial charge on any atom is 0.246 e. The van der Waals surface area contributed by atoms with Crippen LogP contribution in [0.15, 0.2) is 12.2 Å². The van der Waals surface area contributed by atoms with Crippen LogP contribution in [0.5, 0.6) is 0 Å². The van der Waals surface area contributed by atoms with Crippen LogP contribution in [0.2, 0.25) is 0 Å². The number of carbonyl (C=O) groups is 1. The van der Waals surface area contributed by atoms with Crippen LogP contribution in [0.3, 0.4) is 0 Å². The van der Waals surface area contributed by atoms with Gasteiger partial charge in [-0.25, -0.2) is 5.06 Å². The van der Waals surface area contributed by atoms with Crippen LogP contribution in [0.1, 0.15) is 59.3 Å². The molecule has 0 heterocycles. The van der Waals surface area contributed by atoms with Gasteiger partial charge in [0.05, 0.1) is 7.11 Å². The first-order chi connectivity index (χ1) is 9.72. The molecule has 0 saturated heterocycles. The lowest BCUT2D eigenvalue weighted by molar-refractivity contribution is -0.172. The van der Waals surface area contributed by atoms with Crippen molar-refractivity contribution in [1.29, 1.82) is 0 Å². The molecule has 0 aromatic rings. The third kappa shape index (κ3) is 2.90. The van der Waals surface area contributed by atoms with Crippen molar-refractivity contribution < 1.29 is 9.63 Å². The molecule has 0 bridgehead atoms. The maximum absolute atomic E-state index is 12.3. The van der Waals surface area contributed by atoms with E-state index in [1.165, 1.54) is 36.3 Å². The average molecular weight is 293 g/mol. The number of allylic oxidation sites excluding steroid dienone is 1. The molecule has 3 atom stereocenters. The van der Waals surface area contributed by atoms with Crippen LogP contribution in [0, 0.1) is 22.7 Å². The van der Waals surface area contributed by atoms with E-state index < -0.39 is 0 Å². The molecule has 21 heavy (non-hydrogen) atoms. The highest BCUT2D eigenvalue weighted by atomic mass is 16.7. The second kappa shape index (κ2) is 5.75. The molecule has 0 aromatic carbocycles. The number of hydroxylamine groups is 2. The lowest BCUT2D eigenvalue weighted by Gasteiger charge is -2.58. The van der Waals surface area contributed by atoms with E-state index >= 15 is 0 Å². The fourth-order valence-electron chi connectivity index (χ4n) is 5.06. The van der Waals surface area contributed by atoms with Gasteiger partial charge in [-0.05, 0) is 48.3 Å². The molecule has 0 N–H and O–H groups in total. The first kappa shape index (κ1) is 16.5. The lowest BCUT2D eigenvalue weighted by atomic mass is 9.47. The molecular weight excluding hydrogens is 262 g/mol. The number of nitrogens with zero attached hydrogens (tertiary/aromatic N) is 1. The number of rotatable bonds is 3. The summed E-state index contributed by atoms with van der Waals surface area (Å²) in [6, 6.07) is 0. The summed E-state index contributed by atoms with van der Waals surface area (Å²) in [4.78, 5) is 17.4. The summed E-state index contributed by atoms with van der Waals surface area (Å²) in [6.07, 6.45) is 6.61. The molecule has 3 heteroatoms. The van der Waals surface area contributed by atoms with Gasteiger partial charge in [0.1, 0.15) is 0 Å². The third-order valence-electron chi connectivity index (χ3n) is 6.32. The summed E-state index contributed by atoms with van der Waals surface area (Å²) >= 11 is 0. The van der Waals surface area contributed by atoms with Crippen molar-refractivity contribution in [2.45, 2.75) is 59.3 Å². The largest absolute Gasteiger partial charge is 0.275 e. The molecule has 3 nitrogen and oxygen atoms in total. The monoisotopic (exact) mass is 293 g/mol. The number of hydrogen-bond acceptors (Lipinski definition) is 2. The van der Waals surface area contributed by atoms with E-state index in [1.807, 2.05) is 0 Å². The van der Waals surface area contributed by atoms with Gasteiger partial charge in [-0.1, -0.05) is 39.3 Å². The molecule has 0 radical (unpaired) electrons. The zero-order valence-corrected chi connectivity index (χ0v) is 14.4. The Bertz CT molecular complexity index is 429. The first-order valence-electron chi connectivity index (χ1n) is 8.20. The maximum atomic E-state index is 12.3. The van der Waals surface area contributed by atoms with E-state index in [2.05, 4.69) is 27.4 Å². The average Bonchev–Trinajstić information content (AvgIpc) is 2.40. The fourth-order valence-corrected chi connectivity index (χ4v) is 5.06. The minimum absolute atomic E-state index is 0.0638. The van der Waals surface area contributed by atoms with Crippen LogP contribution in [0.25, 0.3) is 0 Å². The van der Waals surface area contributed by atoms with Crippen molar-refractivity contribution in [3.8, 4) is 0 Å². The van der Waals surface area contributed by atoms with E-state index in [-0.39, 0.29) is 11.3 Å². The van der Waals surface area contributed by atoms with Gasteiger partial charge in [-0.3, -0.25) is 9.63 Å². The van der Waals surface area contributed by atoms with Crippen molar-refractivity contribution in [2.75, 3.05) is 14.2 Å². The predicted molar refractivity (Wildman–Crippen MR) is 85.5 cm³/mol. The first-order valence-corrected chi connectivity index (χ1v) is 8.20. The van der Waals surface area contributed by atoms with Gasteiger partial charge in [0.15, 0.2) is 0 Å². The predicted octanol–water partition coefficient (Wildman–Crippen LogP) is 4.20. The van der Waals surface area contributed by atoms with Gasteiger partial charge >= 0.3 is 0 Å². The molecule has 0 unspecified atom stereocenters. The Morgan fingerprint density at radius 3 is 2.67 bits per heavy atom. The molecule has 2 aliphatic carbocycles. The normalized spacial score (nSPS) is 35.2. The molecule has 2 rings (SSSR count). The van der Waals surface area contributed by atoms with Crippen LogP contribution < -0.4 is 0 Å².